The Labute approximate surface area is 171 Å². The van der Waals surface area contributed by atoms with Gasteiger partial charge in [0.25, 0.3) is 5.91 Å². The number of nitrogens with zero attached hydrogens (tertiary/aromatic N) is 2. The fourth-order valence-corrected chi connectivity index (χ4v) is 3.16. The van der Waals surface area contributed by atoms with Gasteiger partial charge in [-0.1, -0.05) is 6.07 Å². The van der Waals surface area contributed by atoms with Crippen molar-refractivity contribution in [3.05, 3.63) is 55.7 Å². The van der Waals surface area contributed by atoms with E-state index in [-0.39, 0.29) is 0 Å². The van der Waals surface area contributed by atoms with Gasteiger partial charge in [-0.2, -0.15) is 0 Å². The zero-order valence-corrected chi connectivity index (χ0v) is 17.0. The van der Waals surface area contributed by atoms with Gasteiger partial charge in [-0.05, 0) is 87.6 Å². The fraction of sp³-hybridized carbons (Fsp3) is 0.0588. The summed E-state index contributed by atoms with van der Waals surface area (Å²) in [6, 6.07) is 13.5. The lowest BCUT2D eigenvalue weighted by atomic mass is 10.1. The van der Waals surface area contributed by atoms with Crippen molar-refractivity contribution in [3.63, 3.8) is 0 Å². The van der Waals surface area contributed by atoms with Gasteiger partial charge in [0.2, 0.25) is 5.91 Å². The van der Waals surface area contributed by atoms with E-state index in [4.69, 9.17) is 0 Å². The molecule has 126 valence electrons. The number of aliphatic imine (C=N–C) groups is 1. The van der Waals surface area contributed by atoms with Crippen molar-refractivity contribution in [1.29, 1.82) is 0 Å². The molecule has 2 aromatic carbocycles. The summed E-state index contributed by atoms with van der Waals surface area (Å²) in [6.45, 7) is 0. The topological polar surface area (TPSA) is 78.8 Å². The lowest BCUT2D eigenvalue weighted by Crippen LogP contribution is -2.58. The van der Waals surface area contributed by atoms with E-state index in [2.05, 4.69) is 55.5 Å². The number of amides is 4. The smallest absolute Gasteiger partial charge is 0.276 e. The Balaban J connectivity index is 1.89. The van der Waals surface area contributed by atoms with E-state index in [0.717, 1.165) is 12.0 Å². The Bertz CT molecular complexity index is 881. The van der Waals surface area contributed by atoms with Crippen molar-refractivity contribution in [2.75, 3.05) is 4.90 Å². The summed E-state index contributed by atoms with van der Waals surface area (Å²) in [4.78, 5) is 42.0. The van der Waals surface area contributed by atoms with E-state index in [0.29, 0.717) is 11.4 Å². The van der Waals surface area contributed by atoms with Crippen LogP contribution >= 0.6 is 45.2 Å². The molecule has 0 saturated carbocycles. The molecule has 1 fully saturated rings. The quantitative estimate of drug-likeness (QED) is 0.356. The number of halogens is 2. The van der Waals surface area contributed by atoms with Gasteiger partial charge in [0.1, 0.15) is 0 Å². The average molecular weight is 559 g/mol. The van der Waals surface area contributed by atoms with Crippen LogP contribution in [0.15, 0.2) is 53.5 Å². The van der Waals surface area contributed by atoms with E-state index in [1.165, 1.54) is 6.21 Å². The first-order valence-corrected chi connectivity index (χ1v) is 9.35. The fourth-order valence-electron chi connectivity index (χ4n) is 2.27. The molecule has 0 aromatic heterocycles. The van der Waals surface area contributed by atoms with E-state index in [9.17, 15) is 14.4 Å². The summed E-state index contributed by atoms with van der Waals surface area (Å²) in [7, 11) is 0. The van der Waals surface area contributed by atoms with Crippen molar-refractivity contribution < 1.29 is 14.4 Å². The van der Waals surface area contributed by atoms with Crippen LogP contribution in [0.25, 0.3) is 0 Å². The van der Waals surface area contributed by atoms with Crippen molar-refractivity contribution in [2.24, 2.45) is 10.9 Å². The molecule has 3 rings (SSSR count). The molecule has 0 spiro atoms. The zero-order valence-electron chi connectivity index (χ0n) is 12.6. The lowest BCUT2D eigenvalue weighted by Gasteiger charge is -2.28. The molecule has 2 aromatic rings. The molecular weight excluding hydrogens is 548 g/mol. The predicted molar refractivity (Wildman–Crippen MR) is 111 cm³/mol. The third-order valence-corrected chi connectivity index (χ3v) is 4.86. The summed E-state index contributed by atoms with van der Waals surface area (Å²) in [5.74, 6) is -2.45. The minimum absolute atomic E-state index is 0.406. The largest absolute Gasteiger partial charge is 0.335 e. The first-order chi connectivity index (χ1) is 12.0. The lowest BCUT2D eigenvalue weighted by molar-refractivity contribution is -0.131. The van der Waals surface area contributed by atoms with Crippen molar-refractivity contribution in [2.45, 2.75) is 0 Å². The maximum atomic E-state index is 12.7. The molecule has 1 saturated heterocycles. The Morgan fingerprint density at radius 3 is 2.40 bits per heavy atom. The van der Waals surface area contributed by atoms with Gasteiger partial charge in [-0.15, -0.1) is 0 Å². The van der Waals surface area contributed by atoms with Crippen LogP contribution in [0.3, 0.4) is 0 Å². The number of carbonyl (C=O) groups excluding carboxylic acids is 3. The minimum Gasteiger partial charge on any atom is -0.276 e. The molecule has 1 atom stereocenters. The highest BCUT2D eigenvalue weighted by Gasteiger charge is 2.40. The summed E-state index contributed by atoms with van der Waals surface area (Å²) >= 11 is 4.28. The Kier molecular flexibility index (Phi) is 5.47. The number of hydrogen-bond donors (Lipinski definition) is 1. The Hall–Kier alpha value is -1.82. The monoisotopic (exact) mass is 559 g/mol. The molecule has 25 heavy (non-hydrogen) atoms. The number of benzene rings is 2. The van der Waals surface area contributed by atoms with Gasteiger partial charge < -0.3 is 0 Å². The van der Waals surface area contributed by atoms with E-state index < -0.39 is 23.8 Å². The highest BCUT2D eigenvalue weighted by atomic mass is 127. The predicted octanol–water partition coefficient (Wildman–Crippen LogP) is 3.50. The van der Waals surface area contributed by atoms with Crippen LogP contribution in [-0.2, 0) is 9.59 Å². The van der Waals surface area contributed by atoms with Crippen LogP contribution < -0.4 is 10.2 Å². The number of hydrogen-bond acceptors (Lipinski definition) is 4. The summed E-state index contributed by atoms with van der Waals surface area (Å²) in [5.41, 5.74) is 1.04. The highest BCUT2D eigenvalue weighted by molar-refractivity contribution is 14.1. The maximum Gasteiger partial charge on any atom is 0.335 e. The highest BCUT2D eigenvalue weighted by Crippen LogP contribution is 2.22. The molecular formula is C17H11I2N3O3. The summed E-state index contributed by atoms with van der Waals surface area (Å²) in [6.07, 6.45) is 1.27. The van der Waals surface area contributed by atoms with Gasteiger partial charge in [0.15, 0.2) is 5.92 Å². The first-order valence-electron chi connectivity index (χ1n) is 7.20. The molecule has 4 amide bonds. The van der Waals surface area contributed by atoms with Gasteiger partial charge in [-0.25, -0.2) is 9.69 Å². The molecule has 1 N–H and O–H groups in total. The molecule has 1 heterocycles. The molecule has 0 bridgehead atoms. The van der Waals surface area contributed by atoms with Gasteiger partial charge in [0.05, 0.1) is 11.4 Å². The summed E-state index contributed by atoms with van der Waals surface area (Å²) < 4.78 is 1.96. The second-order valence-electron chi connectivity index (χ2n) is 5.18. The van der Waals surface area contributed by atoms with Crippen LogP contribution in [-0.4, -0.2) is 24.1 Å². The van der Waals surface area contributed by atoms with Gasteiger partial charge in [-0.3, -0.25) is 19.9 Å². The zero-order chi connectivity index (χ0) is 18.0. The SMILES string of the molecule is O=C1NC(=O)N(c2ccc(I)cc2)C(=O)[C@@H]1C=Nc1cccc(I)c1. The normalized spacial score (nSPS) is 17.9. The Morgan fingerprint density at radius 1 is 1.00 bits per heavy atom. The standard InChI is InChI=1S/C17H11I2N3O3/c18-10-4-6-13(7-5-10)22-16(24)14(15(23)21-17(22)25)9-20-12-3-1-2-11(19)8-12/h1-9,14H,(H,21,23,25)/t14-/m1/s1. The van der Waals surface area contributed by atoms with Crippen molar-refractivity contribution in [1.82, 2.24) is 5.32 Å². The maximum absolute atomic E-state index is 12.7. The molecule has 8 heteroatoms. The van der Waals surface area contributed by atoms with Crippen LogP contribution in [0.1, 0.15) is 0 Å². The molecule has 6 nitrogen and oxygen atoms in total. The third-order valence-electron chi connectivity index (χ3n) is 3.47. The molecule has 0 aliphatic carbocycles. The minimum atomic E-state index is -1.16. The second-order valence-corrected chi connectivity index (χ2v) is 7.67. The molecule has 0 radical (unpaired) electrons. The van der Waals surface area contributed by atoms with Gasteiger partial charge >= 0.3 is 6.03 Å². The van der Waals surface area contributed by atoms with Crippen molar-refractivity contribution >= 4 is 80.6 Å². The number of carbonyl (C=O) groups is 3. The van der Waals surface area contributed by atoms with E-state index in [1.807, 2.05) is 18.2 Å². The average Bonchev–Trinajstić information content (AvgIpc) is 2.56. The number of barbiturate groups is 1. The molecule has 0 unspecified atom stereocenters. The Morgan fingerprint density at radius 2 is 1.72 bits per heavy atom. The molecule has 1 aliphatic heterocycles. The van der Waals surface area contributed by atoms with Crippen LogP contribution in [0.5, 0.6) is 0 Å². The van der Waals surface area contributed by atoms with E-state index in [1.54, 1.807) is 30.3 Å². The first kappa shape index (κ1) is 18.0. The van der Waals surface area contributed by atoms with Crippen LogP contribution in [0, 0.1) is 13.1 Å². The number of rotatable bonds is 3. The van der Waals surface area contributed by atoms with Gasteiger partial charge in [0, 0.05) is 13.4 Å². The molecule has 1 aliphatic rings. The van der Waals surface area contributed by atoms with Crippen LogP contribution in [0.2, 0.25) is 0 Å². The third kappa shape index (κ3) is 4.06. The summed E-state index contributed by atoms with van der Waals surface area (Å²) in [5, 5.41) is 2.20. The number of urea groups is 1. The number of imide groups is 2. The van der Waals surface area contributed by atoms with E-state index >= 15 is 0 Å². The number of nitrogens with one attached hydrogen (secondary N) is 1. The van der Waals surface area contributed by atoms with Crippen LogP contribution in [0.4, 0.5) is 16.2 Å². The van der Waals surface area contributed by atoms with Crippen molar-refractivity contribution in [3.8, 4) is 0 Å². The number of anilines is 1. The second kappa shape index (κ2) is 7.60.